The molecular weight excluding hydrogens is 328 g/mol. The van der Waals surface area contributed by atoms with E-state index >= 15 is 0 Å². The van der Waals surface area contributed by atoms with E-state index in [2.05, 4.69) is 27.1 Å². The predicted molar refractivity (Wildman–Crippen MR) is 89.3 cm³/mol. The Morgan fingerprint density at radius 1 is 1.38 bits per heavy atom. The summed E-state index contributed by atoms with van der Waals surface area (Å²) in [5, 5.41) is 11.6. The molecule has 2 aromatic rings. The summed E-state index contributed by atoms with van der Waals surface area (Å²) in [7, 11) is 0. The molecule has 1 saturated heterocycles. The van der Waals surface area contributed by atoms with Crippen LogP contribution in [0.1, 0.15) is 0 Å². The number of pyridine rings is 1. The minimum absolute atomic E-state index is 0.124. The fraction of sp³-hybridized carbons (Fsp3) is 0.267. The van der Waals surface area contributed by atoms with Crippen molar-refractivity contribution in [1.82, 2.24) is 30.0 Å². The zero-order chi connectivity index (χ0) is 16.9. The molecule has 3 amide bonds. The average molecular weight is 344 g/mol. The van der Waals surface area contributed by atoms with Gasteiger partial charge in [-0.1, -0.05) is 17.8 Å². The van der Waals surface area contributed by atoms with E-state index in [1.54, 1.807) is 18.5 Å². The van der Waals surface area contributed by atoms with Gasteiger partial charge in [0.15, 0.2) is 11.0 Å². The number of hydrogen-bond donors (Lipinski definition) is 1. The number of hydrogen-bond acceptors (Lipinski definition) is 6. The molecule has 124 valence electrons. The smallest absolute Gasteiger partial charge is 0.324 e. The third kappa shape index (κ3) is 3.30. The Morgan fingerprint density at radius 2 is 2.17 bits per heavy atom. The van der Waals surface area contributed by atoms with E-state index in [4.69, 9.17) is 0 Å². The number of carbonyl (C=O) groups is 2. The van der Waals surface area contributed by atoms with Gasteiger partial charge in [0.25, 0.3) is 0 Å². The summed E-state index contributed by atoms with van der Waals surface area (Å²) in [6.45, 7) is 5.17. The lowest BCUT2D eigenvalue weighted by Crippen LogP contribution is -2.35. The molecule has 0 unspecified atom stereocenters. The molecule has 2 aromatic heterocycles. The maximum absolute atomic E-state index is 12.1. The van der Waals surface area contributed by atoms with Crippen molar-refractivity contribution in [2.75, 3.05) is 18.8 Å². The lowest BCUT2D eigenvalue weighted by molar-refractivity contribution is -0.124. The largest absolute Gasteiger partial charge is 0.336 e. The van der Waals surface area contributed by atoms with Crippen molar-refractivity contribution < 1.29 is 9.59 Å². The molecule has 1 fully saturated rings. The van der Waals surface area contributed by atoms with Crippen molar-refractivity contribution in [3.63, 3.8) is 0 Å². The van der Waals surface area contributed by atoms with Crippen LogP contribution in [0.3, 0.4) is 0 Å². The number of urea groups is 1. The highest BCUT2D eigenvalue weighted by atomic mass is 32.2. The van der Waals surface area contributed by atoms with Crippen molar-refractivity contribution in [1.29, 1.82) is 0 Å². The summed E-state index contributed by atoms with van der Waals surface area (Å²) in [6.07, 6.45) is 5.11. The van der Waals surface area contributed by atoms with Crippen LogP contribution in [0, 0.1) is 0 Å². The van der Waals surface area contributed by atoms with E-state index in [-0.39, 0.29) is 17.7 Å². The predicted octanol–water partition coefficient (Wildman–Crippen LogP) is 1.17. The monoisotopic (exact) mass is 344 g/mol. The van der Waals surface area contributed by atoms with Crippen molar-refractivity contribution in [3.05, 3.63) is 37.2 Å². The van der Waals surface area contributed by atoms with E-state index < -0.39 is 0 Å². The van der Waals surface area contributed by atoms with Crippen molar-refractivity contribution in [3.8, 4) is 11.4 Å². The summed E-state index contributed by atoms with van der Waals surface area (Å²) in [5.41, 5.74) is 0.886. The molecule has 8 nitrogen and oxygen atoms in total. The fourth-order valence-corrected chi connectivity index (χ4v) is 3.14. The molecule has 1 aliphatic heterocycles. The lowest BCUT2D eigenvalue weighted by atomic mass is 10.2. The normalized spacial score (nSPS) is 13.8. The standard InChI is InChI=1S/C15H16N6O2S/c1-2-8-21-13(11-3-5-16-6-4-11)18-19-15(21)24-10-12(22)20-9-7-17-14(20)23/h2-6H,1,7-10H2,(H,17,23). The number of imide groups is 1. The first-order chi connectivity index (χ1) is 11.7. The Labute approximate surface area is 143 Å². The van der Waals surface area contributed by atoms with E-state index in [1.807, 2.05) is 16.7 Å². The van der Waals surface area contributed by atoms with Gasteiger partial charge >= 0.3 is 6.03 Å². The quantitative estimate of drug-likeness (QED) is 0.625. The van der Waals surface area contributed by atoms with Gasteiger partial charge in [0.1, 0.15) is 0 Å². The molecule has 0 spiro atoms. The van der Waals surface area contributed by atoms with Crippen molar-refractivity contribution in [2.24, 2.45) is 0 Å². The van der Waals surface area contributed by atoms with E-state index in [1.165, 1.54) is 16.7 Å². The number of carbonyl (C=O) groups excluding carboxylic acids is 2. The highest BCUT2D eigenvalue weighted by molar-refractivity contribution is 7.99. The van der Waals surface area contributed by atoms with Gasteiger partial charge in [-0.3, -0.25) is 19.2 Å². The number of thioether (sulfide) groups is 1. The Balaban J connectivity index is 1.76. The van der Waals surface area contributed by atoms with Gasteiger partial charge in [-0.25, -0.2) is 4.79 Å². The van der Waals surface area contributed by atoms with Gasteiger partial charge in [0, 0.05) is 37.6 Å². The van der Waals surface area contributed by atoms with E-state index in [9.17, 15) is 9.59 Å². The van der Waals surface area contributed by atoms with Crippen LogP contribution in [-0.4, -0.2) is 55.4 Å². The first-order valence-corrected chi connectivity index (χ1v) is 8.34. The molecule has 9 heteroatoms. The second kappa shape index (κ2) is 7.26. The third-order valence-electron chi connectivity index (χ3n) is 3.45. The Kier molecular flexibility index (Phi) is 4.90. The number of nitrogens with zero attached hydrogens (tertiary/aromatic N) is 5. The first-order valence-electron chi connectivity index (χ1n) is 7.36. The van der Waals surface area contributed by atoms with Gasteiger partial charge in [0.05, 0.1) is 5.75 Å². The molecule has 0 bridgehead atoms. The molecule has 3 rings (SSSR count). The van der Waals surface area contributed by atoms with Crippen LogP contribution in [0.4, 0.5) is 4.79 Å². The second-order valence-corrected chi connectivity index (χ2v) is 5.95. The molecule has 3 heterocycles. The average Bonchev–Trinajstić information content (AvgIpc) is 3.20. The number of nitrogens with one attached hydrogen (secondary N) is 1. The lowest BCUT2D eigenvalue weighted by Gasteiger charge is -2.12. The van der Waals surface area contributed by atoms with Gasteiger partial charge in [-0.05, 0) is 12.1 Å². The topological polar surface area (TPSA) is 93.0 Å². The SMILES string of the molecule is C=CCn1c(SCC(=O)N2CCNC2=O)nnc1-c1ccncc1. The van der Waals surface area contributed by atoms with Crippen LogP contribution < -0.4 is 5.32 Å². The number of aromatic nitrogens is 4. The fourth-order valence-electron chi connectivity index (χ4n) is 2.32. The molecule has 0 aromatic carbocycles. The number of allylic oxidation sites excluding steroid dienone is 1. The zero-order valence-electron chi connectivity index (χ0n) is 12.9. The minimum Gasteiger partial charge on any atom is -0.336 e. The summed E-state index contributed by atoms with van der Waals surface area (Å²) in [4.78, 5) is 28.9. The van der Waals surface area contributed by atoms with Crippen LogP contribution in [0.15, 0.2) is 42.3 Å². The molecule has 0 saturated carbocycles. The summed E-state index contributed by atoms with van der Waals surface area (Å²) < 4.78 is 1.88. The van der Waals surface area contributed by atoms with E-state index in [0.717, 1.165) is 5.56 Å². The van der Waals surface area contributed by atoms with Gasteiger partial charge in [0.2, 0.25) is 5.91 Å². The molecule has 1 aliphatic rings. The maximum Gasteiger partial charge on any atom is 0.324 e. The summed E-state index contributed by atoms with van der Waals surface area (Å²) >= 11 is 1.25. The van der Waals surface area contributed by atoms with Crippen LogP contribution in [0.25, 0.3) is 11.4 Å². The first kappa shape index (κ1) is 16.2. The van der Waals surface area contributed by atoms with Gasteiger partial charge < -0.3 is 5.32 Å². The number of rotatable bonds is 6. The Bertz CT molecular complexity index is 761. The third-order valence-corrected chi connectivity index (χ3v) is 4.40. The molecule has 0 atom stereocenters. The molecular formula is C15H16N6O2S. The molecule has 0 radical (unpaired) electrons. The Morgan fingerprint density at radius 3 is 2.83 bits per heavy atom. The highest BCUT2D eigenvalue weighted by Crippen LogP contribution is 2.24. The van der Waals surface area contributed by atoms with Crippen LogP contribution in [-0.2, 0) is 11.3 Å². The van der Waals surface area contributed by atoms with Crippen molar-refractivity contribution >= 4 is 23.7 Å². The molecule has 1 N–H and O–H groups in total. The van der Waals surface area contributed by atoms with Crippen LogP contribution in [0.2, 0.25) is 0 Å². The van der Waals surface area contributed by atoms with Crippen LogP contribution in [0.5, 0.6) is 0 Å². The Hall–Kier alpha value is -2.68. The number of amides is 3. The minimum atomic E-state index is -0.342. The van der Waals surface area contributed by atoms with Gasteiger partial charge in [-0.2, -0.15) is 0 Å². The van der Waals surface area contributed by atoms with Gasteiger partial charge in [-0.15, -0.1) is 16.8 Å². The zero-order valence-corrected chi connectivity index (χ0v) is 13.7. The second-order valence-electron chi connectivity index (χ2n) is 5.01. The molecule has 24 heavy (non-hydrogen) atoms. The highest BCUT2D eigenvalue weighted by Gasteiger charge is 2.26. The van der Waals surface area contributed by atoms with Crippen molar-refractivity contribution in [2.45, 2.75) is 11.7 Å². The summed E-state index contributed by atoms with van der Waals surface area (Å²) in [6, 6.07) is 3.35. The molecule has 0 aliphatic carbocycles. The summed E-state index contributed by atoms with van der Waals surface area (Å²) in [5.74, 6) is 0.568. The van der Waals surface area contributed by atoms with Crippen LogP contribution >= 0.6 is 11.8 Å². The van der Waals surface area contributed by atoms with E-state index in [0.29, 0.717) is 30.6 Å². The maximum atomic E-state index is 12.1.